The topological polar surface area (TPSA) is 20.2 Å². The number of aliphatic hydroxyl groups is 1. The van der Waals surface area contributed by atoms with Gasteiger partial charge in [0.15, 0.2) is 0 Å². The molecule has 2 rings (SSSR count). The Bertz CT molecular complexity index is 379. The van der Waals surface area contributed by atoms with Crippen molar-refractivity contribution in [3.63, 3.8) is 0 Å². The Balaban J connectivity index is 1.84. The summed E-state index contributed by atoms with van der Waals surface area (Å²) in [6, 6.07) is 10.0. The van der Waals surface area contributed by atoms with E-state index in [9.17, 15) is 5.11 Å². The lowest BCUT2D eigenvalue weighted by atomic mass is 9.89. The smallest absolute Gasteiger partial charge is 0.118 e. The van der Waals surface area contributed by atoms with E-state index in [1.54, 1.807) is 0 Å². The Kier molecular flexibility index (Phi) is 4.64. The van der Waals surface area contributed by atoms with E-state index in [0.29, 0.717) is 12.3 Å². The molecule has 0 radical (unpaired) electrons. The highest BCUT2D eigenvalue weighted by Crippen LogP contribution is 2.22. The van der Waals surface area contributed by atoms with E-state index in [1.165, 1.54) is 32.1 Å². The summed E-state index contributed by atoms with van der Waals surface area (Å²) in [6.45, 7) is 0. The normalized spacial score (nSPS) is 18.2. The zero-order valence-electron chi connectivity index (χ0n) is 10.2. The van der Waals surface area contributed by atoms with Crippen LogP contribution in [-0.4, -0.2) is 11.2 Å². The number of hydrogen-bond donors (Lipinski definition) is 1. The first kappa shape index (κ1) is 12.2. The first-order valence-electron chi connectivity index (χ1n) is 6.57. The fraction of sp³-hybridized carbons (Fsp3) is 0.500. The van der Waals surface area contributed by atoms with E-state index in [4.69, 9.17) is 0 Å². The monoisotopic (exact) mass is 228 g/mol. The van der Waals surface area contributed by atoms with Crippen LogP contribution in [0.15, 0.2) is 30.3 Å². The van der Waals surface area contributed by atoms with Crippen molar-refractivity contribution >= 4 is 0 Å². The van der Waals surface area contributed by atoms with Gasteiger partial charge in [0.2, 0.25) is 0 Å². The minimum Gasteiger partial charge on any atom is -0.380 e. The summed E-state index contributed by atoms with van der Waals surface area (Å²) in [6.07, 6.45) is 6.50. The molecule has 1 aliphatic rings. The van der Waals surface area contributed by atoms with Crippen LogP contribution in [0.2, 0.25) is 0 Å². The molecule has 1 aromatic carbocycles. The first-order valence-corrected chi connectivity index (χ1v) is 6.57. The lowest BCUT2D eigenvalue weighted by Crippen LogP contribution is -2.09. The third-order valence-corrected chi connectivity index (χ3v) is 3.33. The van der Waals surface area contributed by atoms with Gasteiger partial charge in [0.1, 0.15) is 6.10 Å². The molecule has 0 saturated heterocycles. The van der Waals surface area contributed by atoms with Crippen LogP contribution in [0.1, 0.15) is 37.7 Å². The van der Waals surface area contributed by atoms with Gasteiger partial charge in [0.05, 0.1) is 0 Å². The summed E-state index contributed by atoms with van der Waals surface area (Å²) in [5.41, 5.74) is 1.15. The van der Waals surface area contributed by atoms with E-state index in [0.717, 1.165) is 5.56 Å². The van der Waals surface area contributed by atoms with Crippen LogP contribution in [0, 0.1) is 17.8 Å². The molecule has 0 bridgehead atoms. The molecule has 1 atom stereocenters. The van der Waals surface area contributed by atoms with Gasteiger partial charge in [-0.3, -0.25) is 0 Å². The summed E-state index contributed by atoms with van der Waals surface area (Å²) in [5.74, 6) is 6.77. The molecule has 0 aromatic heterocycles. The van der Waals surface area contributed by atoms with Gasteiger partial charge in [-0.2, -0.15) is 0 Å². The van der Waals surface area contributed by atoms with Crippen LogP contribution in [0.4, 0.5) is 0 Å². The van der Waals surface area contributed by atoms with Crippen molar-refractivity contribution in [2.24, 2.45) is 5.92 Å². The highest BCUT2D eigenvalue weighted by Gasteiger charge is 2.10. The molecular formula is C16H20O. The van der Waals surface area contributed by atoms with Crippen molar-refractivity contribution < 1.29 is 5.11 Å². The van der Waals surface area contributed by atoms with Crippen molar-refractivity contribution in [3.05, 3.63) is 35.9 Å². The van der Waals surface area contributed by atoms with Crippen LogP contribution in [0.25, 0.3) is 0 Å². The van der Waals surface area contributed by atoms with Gasteiger partial charge in [0.25, 0.3) is 0 Å². The van der Waals surface area contributed by atoms with Crippen LogP contribution in [0.5, 0.6) is 0 Å². The van der Waals surface area contributed by atoms with Crippen molar-refractivity contribution in [1.82, 2.24) is 0 Å². The molecule has 90 valence electrons. The predicted molar refractivity (Wildman–Crippen MR) is 70.5 cm³/mol. The van der Waals surface area contributed by atoms with Crippen molar-refractivity contribution in [2.45, 2.75) is 44.6 Å². The summed E-state index contributed by atoms with van der Waals surface area (Å²) in [7, 11) is 0. The number of hydrogen-bond acceptors (Lipinski definition) is 1. The number of aliphatic hydroxyl groups excluding tert-OH is 1. The van der Waals surface area contributed by atoms with Gasteiger partial charge in [0, 0.05) is 12.3 Å². The lowest BCUT2D eigenvalue weighted by molar-refractivity contribution is 0.233. The lowest BCUT2D eigenvalue weighted by Gasteiger charge is -2.15. The molecule has 1 aliphatic carbocycles. The molecule has 1 aromatic rings. The molecule has 0 aliphatic heterocycles. The second-order valence-corrected chi connectivity index (χ2v) is 4.83. The predicted octanol–water partition coefficient (Wildman–Crippen LogP) is 3.17. The van der Waals surface area contributed by atoms with Gasteiger partial charge in [-0.25, -0.2) is 0 Å². The molecule has 0 amide bonds. The average molecular weight is 228 g/mol. The zero-order valence-corrected chi connectivity index (χ0v) is 10.2. The maximum Gasteiger partial charge on any atom is 0.118 e. The highest BCUT2D eigenvalue weighted by molar-refractivity contribution is 5.19. The largest absolute Gasteiger partial charge is 0.380 e. The Hall–Kier alpha value is -1.26. The molecule has 1 unspecified atom stereocenters. The highest BCUT2D eigenvalue weighted by atomic mass is 16.3. The van der Waals surface area contributed by atoms with Gasteiger partial charge in [-0.1, -0.05) is 61.4 Å². The van der Waals surface area contributed by atoms with Crippen LogP contribution in [-0.2, 0) is 6.42 Å². The van der Waals surface area contributed by atoms with Gasteiger partial charge < -0.3 is 5.11 Å². The van der Waals surface area contributed by atoms with E-state index >= 15 is 0 Å². The van der Waals surface area contributed by atoms with E-state index < -0.39 is 6.10 Å². The zero-order chi connectivity index (χ0) is 11.9. The third kappa shape index (κ3) is 4.24. The average Bonchev–Trinajstić information content (AvgIpc) is 2.39. The second kappa shape index (κ2) is 6.47. The van der Waals surface area contributed by atoms with E-state index in [-0.39, 0.29) is 0 Å². The Morgan fingerprint density at radius 1 is 1.12 bits per heavy atom. The Morgan fingerprint density at radius 2 is 1.82 bits per heavy atom. The van der Waals surface area contributed by atoms with E-state index in [1.807, 2.05) is 30.3 Å². The maximum absolute atomic E-state index is 9.86. The van der Waals surface area contributed by atoms with E-state index in [2.05, 4.69) is 11.8 Å². The minimum absolute atomic E-state index is 0.515. The van der Waals surface area contributed by atoms with Crippen LogP contribution in [0.3, 0.4) is 0 Å². The number of rotatable bonds is 2. The molecule has 0 spiro atoms. The first-order chi connectivity index (χ1) is 8.34. The third-order valence-electron chi connectivity index (χ3n) is 3.33. The molecule has 1 N–H and O–H groups in total. The van der Waals surface area contributed by atoms with Crippen LogP contribution < -0.4 is 0 Å². The fourth-order valence-electron chi connectivity index (χ4n) is 2.35. The van der Waals surface area contributed by atoms with Crippen molar-refractivity contribution in [2.75, 3.05) is 0 Å². The molecule has 1 saturated carbocycles. The van der Waals surface area contributed by atoms with Gasteiger partial charge in [-0.15, -0.1) is 0 Å². The summed E-state index contributed by atoms with van der Waals surface area (Å²) < 4.78 is 0. The summed E-state index contributed by atoms with van der Waals surface area (Å²) >= 11 is 0. The van der Waals surface area contributed by atoms with Crippen molar-refractivity contribution in [1.29, 1.82) is 0 Å². The molecule has 1 fully saturated rings. The molecule has 1 heteroatoms. The van der Waals surface area contributed by atoms with Gasteiger partial charge >= 0.3 is 0 Å². The second-order valence-electron chi connectivity index (χ2n) is 4.83. The summed E-state index contributed by atoms with van der Waals surface area (Å²) in [4.78, 5) is 0. The standard InChI is InChI=1S/C16H20O/c17-16(13-15-9-5-2-6-10-15)12-11-14-7-3-1-4-8-14/h2,5-6,9-10,14,16-17H,1,3-4,7-8,13H2. The molecular weight excluding hydrogens is 208 g/mol. The molecule has 1 nitrogen and oxygen atoms in total. The maximum atomic E-state index is 9.86. The fourth-order valence-corrected chi connectivity index (χ4v) is 2.35. The van der Waals surface area contributed by atoms with Gasteiger partial charge in [-0.05, 0) is 18.4 Å². The Labute approximate surface area is 104 Å². The molecule has 0 heterocycles. The quantitative estimate of drug-likeness (QED) is 0.771. The van der Waals surface area contributed by atoms with Crippen molar-refractivity contribution in [3.8, 4) is 11.8 Å². The number of benzene rings is 1. The minimum atomic E-state index is -0.515. The summed E-state index contributed by atoms with van der Waals surface area (Å²) in [5, 5.41) is 9.86. The SMILES string of the molecule is OC(C#CC1CCCCC1)Cc1ccccc1. The Morgan fingerprint density at radius 3 is 2.53 bits per heavy atom. The van der Waals surface area contributed by atoms with Crippen LogP contribution >= 0.6 is 0 Å². The molecule has 17 heavy (non-hydrogen) atoms.